The predicted molar refractivity (Wildman–Crippen MR) is 77.2 cm³/mol. The maximum absolute atomic E-state index is 12.1. The molecule has 0 saturated carbocycles. The first kappa shape index (κ1) is 15.0. The molecule has 1 amide bonds. The van der Waals surface area contributed by atoms with E-state index < -0.39 is 6.10 Å². The normalized spacial score (nSPS) is 22.0. The van der Waals surface area contributed by atoms with Gasteiger partial charge in [0.25, 0.3) is 0 Å². The van der Waals surface area contributed by atoms with E-state index >= 15 is 0 Å². The quantitative estimate of drug-likeness (QED) is 0.866. The molecule has 1 heterocycles. The number of amides is 1. The minimum atomic E-state index is -0.547. The predicted octanol–water partition coefficient (Wildman–Crippen LogP) is 2.04. The van der Waals surface area contributed by atoms with Crippen molar-refractivity contribution >= 4 is 5.91 Å². The van der Waals surface area contributed by atoms with Crippen LogP contribution in [0.15, 0.2) is 30.3 Å². The fraction of sp³-hybridized carbons (Fsp3) is 0.562. The average Bonchev–Trinajstić information content (AvgIpc) is 2.49. The molecule has 0 bridgehead atoms. The number of hydrogen-bond acceptors (Lipinski definition) is 3. The highest BCUT2D eigenvalue weighted by Gasteiger charge is 2.23. The van der Waals surface area contributed by atoms with E-state index in [1.54, 1.807) is 0 Å². The van der Waals surface area contributed by atoms with E-state index in [1.807, 2.05) is 37.3 Å². The molecule has 0 radical (unpaired) electrons. The lowest BCUT2D eigenvalue weighted by atomic mass is 9.99. The van der Waals surface area contributed by atoms with Crippen molar-refractivity contribution in [2.24, 2.45) is 5.92 Å². The van der Waals surface area contributed by atoms with Crippen molar-refractivity contribution in [1.82, 2.24) is 5.32 Å². The molecule has 1 aliphatic heterocycles. The van der Waals surface area contributed by atoms with Gasteiger partial charge in [0.1, 0.15) is 0 Å². The maximum Gasteiger partial charge on any atom is 0.225 e. The summed E-state index contributed by atoms with van der Waals surface area (Å²) < 4.78 is 5.32. The fourth-order valence-corrected chi connectivity index (χ4v) is 2.51. The minimum Gasteiger partial charge on any atom is -0.388 e. The molecule has 0 aliphatic carbocycles. The Morgan fingerprint density at radius 1 is 1.45 bits per heavy atom. The van der Waals surface area contributed by atoms with Crippen LogP contribution >= 0.6 is 0 Å². The molecule has 0 aromatic heterocycles. The van der Waals surface area contributed by atoms with Crippen molar-refractivity contribution in [3.63, 3.8) is 0 Å². The van der Waals surface area contributed by atoms with Gasteiger partial charge in [0.2, 0.25) is 5.91 Å². The summed E-state index contributed by atoms with van der Waals surface area (Å²) in [7, 11) is 0. The molecule has 3 unspecified atom stereocenters. The van der Waals surface area contributed by atoms with Crippen LogP contribution in [0.5, 0.6) is 0 Å². The Morgan fingerprint density at radius 2 is 2.20 bits per heavy atom. The summed E-state index contributed by atoms with van der Waals surface area (Å²) in [4.78, 5) is 12.1. The summed E-state index contributed by atoms with van der Waals surface area (Å²) in [5.74, 6) is -0.00229. The zero-order valence-corrected chi connectivity index (χ0v) is 11.9. The monoisotopic (exact) mass is 277 g/mol. The van der Waals surface area contributed by atoms with Crippen LogP contribution in [0, 0.1) is 5.92 Å². The lowest BCUT2D eigenvalue weighted by Gasteiger charge is -2.24. The van der Waals surface area contributed by atoms with Crippen LogP contribution in [0.4, 0.5) is 0 Å². The zero-order valence-electron chi connectivity index (χ0n) is 11.9. The van der Waals surface area contributed by atoms with Crippen LogP contribution in [-0.2, 0) is 9.53 Å². The molecule has 2 N–H and O–H groups in total. The first-order valence-electron chi connectivity index (χ1n) is 7.28. The number of rotatable bonds is 5. The second-order valence-electron chi connectivity index (χ2n) is 5.49. The molecule has 1 fully saturated rings. The van der Waals surface area contributed by atoms with Crippen molar-refractivity contribution < 1.29 is 14.6 Å². The lowest BCUT2D eigenvalue weighted by molar-refractivity contribution is -0.129. The van der Waals surface area contributed by atoms with Gasteiger partial charge in [-0.3, -0.25) is 4.79 Å². The molecule has 4 heteroatoms. The first-order valence-corrected chi connectivity index (χ1v) is 7.28. The van der Waals surface area contributed by atoms with E-state index in [-0.39, 0.29) is 17.9 Å². The van der Waals surface area contributed by atoms with Gasteiger partial charge in [-0.1, -0.05) is 30.3 Å². The summed E-state index contributed by atoms with van der Waals surface area (Å²) in [6.07, 6.45) is 1.80. The van der Waals surface area contributed by atoms with Crippen molar-refractivity contribution in [3.8, 4) is 0 Å². The van der Waals surface area contributed by atoms with Gasteiger partial charge in [-0.15, -0.1) is 0 Å². The standard InChI is InChI=1S/C16H23NO3/c1-12(10-15(18)13-6-3-2-4-7-13)17-16(19)14-8-5-9-20-11-14/h2-4,6-7,12,14-15,18H,5,8-11H2,1H3,(H,17,19). The molecular formula is C16H23NO3. The highest BCUT2D eigenvalue weighted by atomic mass is 16.5. The second-order valence-corrected chi connectivity index (χ2v) is 5.49. The smallest absolute Gasteiger partial charge is 0.225 e. The molecule has 1 aromatic rings. The van der Waals surface area contributed by atoms with Crippen molar-refractivity contribution in [2.45, 2.75) is 38.3 Å². The molecule has 20 heavy (non-hydrogen) atoms. The number of carbonyl (C=O) groups excluding carboxylic acids is 1. The largest absolute Gasteiger partial charge is 0.388 e. The minimum absolute atomic E-state index is 0.0393. The summed E-state index contributed by atoms with van der Waals surface area (Å²) >= 11 is 0. The Bertz CT molecular complexity index is 415. The Hall–Kier alpha value is -1.39. The van der Waals surface area contributed by atoms with Gasteiger partial charge in [0, 0.05) is 12.6 Å². The van der Waals surface area contributed by atoms with E-state index in [1.165, 1.54) is 0 Å². The van der Waals surface area contributed by atoms with Gasteiger partial charge in [-0.05, 0) is 31.7 Å². The van der Waals surface area contributed by atoms with E-state index in [0.29, 0.717) is 13.0 Å². The fourth-order valence-electron chi connectivity index (χ4n) is 2.51. The Morgan fingerprint density at radius 3 is 2.85 bits per heavy atom. The van der Waals surface area contributed by atoms with Gasteiger partial charge >= 0.3 is 0 Å². The third-order valence-electron chi connectivity index (χ3n) is 3.68. The van der Waals surface area contributed by atoms with Crippen LogP contribution < -0.4 is 5.32 Å². The van der Waals surface area contributed by atoms with Gasteiger partial charge in [0.15, 0.2) is 0 Å². The van der Waals surface area contributed by atoms with Gasteiger partial charge in [-0.2, -0.15) is 0 Å². The molecule has 1 aromatic carbocycles. The molecule has 110 valence electrons. The third kappa shape index (κ3) is 4.32. The molecule has 3 atom stereocenters. The summed E-state index contributed by atoms with van der Waals surface area (Å²) in [5, 5.41) is 13.1. The highest BCUT2D eigenvalue weighted by molar-refractivity contribution is 5.79. The van der Waals surface area contributed by atoms with Gasteiger partial charge < -0.3 is 15.2 Å². The highest BCUT2D eigenvalue weighted by Crippen LogP contribution is 2.19. The van der Waals surface area contributed by atoms with E-state index in [2.05, 4.69) is 5.32 Å². The van der Waals surface area contributed by atoms with Gasteiger partial charge in [-0.25, -0.2) is 0 Å². The van der Waals surface area contributed by atoms with Crippen molar-refractivity contribution in [2.75, 3.05) is 13.2 Å². The number of carbonyl (C=O) groups is 1. The lowest BCUT2D eigenvalue weighted by Crippen LogP contribution is -2.40. The first-order chi connectivity index (χ1) is 9.66. The Kier molecular flexibility index (Phi) is 5.56. The zero-order chi connectivity index (χ0) is 14.4. The third-order valence-corrected chi connectivity index (χ3v) is 3.68. The summed E-state index contributed by atoms with van der Waals surface area (Å²) in [6, 6.07) is 9.47. The van der Waals surface area contributed by atoms with Crippen LogP contribution in [0.2, 0.25) is 0 Å². The van der Waals surface area contributed by atoms with E-state index in [0.717, 1.165) is 25.0 Å². The maximum atomic E-state index is 12.1. The number of aliphatic hydroxyl groups is 1. The van der Waals surface area contributed by atoms with E-state index in [9.17, 15) is 9.90 Å². The van der Waals surface area contributed by atoms with Crippen molar-refractivity contribution in [3.05, 3.63) is 35.9 Å². The number of hydrogen-bond donors (Lipinski definition) is 2. The number of nitrogens with one attached hydrogen (secondary N) is 1. The molecule has 4 nitrogen and oxygen atoms in total. The number of ether oxygens (including phenoxy) is 1. The van der Waals surface area contributed by atoms with E-state index in [4.69, 9.17) is 4.74 Å². The van der Waals surface area contributed by atoms with Crippen LogP contribution in [0.1, 0.15) is 37.9 Å². The van der Waals surface area contributed by atoms with Crippen molar-refractivity contribution in [1.29, 1.82) is 0 Å². The molecular weight excluding hydrogens is 254 g/mol. The summed E-state index contributed by atoms with van der Waals surface area (Å²) in [5.41, 5.74) is 0.884. The molecule has 0 spiro atoms. The van der Waals surface area contributed by atoms with Crippen LogP contribution in [0.25, 0.3) is 0 Å². The number of aliphatic hydroxyl groups excluding tert-OH is 1. The Balaban J connectivity index is 1.79. The molecule has 2 rings (SSSR count). The number of benzene rings is 1. The second kappa shape index (κ2) is 7.41. The summed E-state index contributed by atoms with van der Waals surface area (Å²) in [6.45, 7) is 3.19. The molecule has 1 aliphatic rings. The Labute approximate surface area is 120 Å². The SMILES string of the molecule is CC(CC(O)c1ccccc1)NC(=O)C1CCCOC1. The molecule has 1 saturated heterocycles. The van der Waals surface area contributed by atoms with Crippen LogP contribution in [-0.4, -0.2) is 30.3 Å². The van der Waals surface area contributed by atoms with Crippen LogP contribution in [0.3, 0.4) is 0 Å². The average molecular weight is 277 g/mol. The topological polar surface area (TPSA) is 58.6 Å². The van der Waals surface area contributed by atoms with Gasteiger partial charge in [0.05, 0.1) is 18.6 Å².